The van der Waals surface area contributed by atoms with Crippen LogP contribution in [0.5, 0.6) is 0 Å². The standard InChI is InChI=1S/C13H22N2O5/c1-3-6-14-13(18)15-10-5-4-9(7-12(17)19-2)20-11(10)8-16/h4-5,9-11,16H,3,6-8H2,1-2H3,(H2,14,15,18)/t9-,10+,11-/m1/s1. The topological polar surface area (TPSA) is 96.9 Å². The monoisotopic (exact) mass is 286 g/mol. The molecule has 1 aliphatic heterocycles. The predicted molar refractivity (Wildman–Crippen MR) is 72.1 cm³/mol. The van der Waals surface area contributed by atoms with Gasteiger partial charge in [-0.1, -0.05) is 19.1 Å². The van der Waals surface area contributed by atoms with E-state index in [1.165, 1.54) is 7.11 Å². The molecule has 0 fully saturated rings. The zero-order valence-corrected chi connectivity index (χ0v) is 11.8. The van der Waals surface area contributed by atoms with Crippen molar-refractivity contribution in [3.05, 3.63) is 12.2 Å². The Kier molecular flexibility index (Phi) is 7.03. The number of carbonyl (C=O) groups is 2. The van der Waals surface area contributed by atoms with Crippen LogP contribution >= 0.6 is 0 Å². The molecule has 0 aliphatic carbocycles. The van der Waals surface area contributed by atoms with Crippen molar-refractivity contribution in [3.8, 4) is 0 Å². The Hall–Kier alpha value is -1.60. The molecular weight excluding hydrogens is 264 g/mol. The van der Waals surface area contributed by atoms with Crippen LogP contribution < -0.4 is 10.6 Å². The molecule has 0 unspecified atom stereocenters. The quantitative estimate of drug-likeness (QED) is 0.469. The van der Waals surface area contributed by atoms with Gasteiger partial charge in [-0.05, 0) is 6.42 Å². The number of methoxy groups -OCH3 is 1. The third-order valence-corrected chi connectivity index (χ3v) is 2.89. The van der Waals surface area contributed by atoms with Crippen molar-refractivity contribution < 1.29 is 24.2 Å². The Morgan fingerprint density at radius 2 is 2.15 bits per heavy atom. The second-order valence-corrected chi connectivity index (χ2v) is 4.49. The molecule has 0 saturated carbocycles. The lowest BCUT2D eigenvalue weighted by Gasteiger charge is -2.31. The van der Waals surface area contributed by atoms with Crippen molar-refractivity contribution in [1.29, 1.82) is 0 Å². The van der Waals surface area contributed by atoms with E-state index in [9.17, 15) is 14.7 Å². The molecular formula is C13H22N2O5. The van der Waals surface area contributed by atoms with E-state index in [1.54, 1.807) is 12.2 Å². The van der Waals surface area contributed by atoms with Crippen molar-refractivity contribution in [2.45, 2.75) is 38.0 Å². The lowest BCUT2D eigenvalue weighted by Crippen LogP contribution is -2.51. The normalized spacial score (nSPS) is 25.1. The van der Waals surface area contributed by atoms with Gasteiger partial charge in [-0.25, -0.2) is 4.79 Å². The van der Waals surface area contributed by atoms with Crippen molar-refractivity contribution in [1.82, 2.24) is 10.6 Å². The molecule has 0 bridgehead atoms. The first-order chi connectivity index (χ1) is 9.60. The number of hydrogen-bond acceptors (Lipinski definition) is 5. The van der Waals surface area contributed by atoms with E-state index in [1.807, 2.05) is 6.92 Å². The summed E-state index contributed by atoms with van der Waals surface area (Å²) < 4.78 is 10.1. The summed E-state index contributed by atoms with van der Waals surface area (Å²) in [5.74, 6) is -0.386. The van der Waals surface area contributed by atoms with Crippen molar-refractivity contribution in [3.63, 3.8) is 0 Å². The van der Waals surface area contributed by atoms with Gasteiger partial charge in [0.15, 0.2) is 0 Å². The van der Waals surface area contributed by atoms with Crippen LogP contribution in [0.15, 0.2) is 12.2 Å². The molecule has 0 aromatic rings. The van der Waals surface area contributed by atoms with Gasteiger partial charge in [-0.2, -0.15) is 0 Å². The van der Waals surface area contributed by atoms with Crippen LogP contribution in [0.2, 0.25) is 0 Å². The van der Waals surface area contributed by atoms with E-state index in [2.05, 4.69) is 15.4 Å². The molecule has 1 heterocycles. The summed E-state index contributed by atoms with van der Waals surface area (Å²) in [7, 11) is 1.31. The van der Waals surface area contributed by atoms with Crippen LogP contribution in [-0.2, 0) is 14.3 Å². The van der Waals surface area contributed by atoms with E-state index in [0.717, 1.165) is 6.42 Å². The maximum Gasteiger partial charge on any atom is 0.315 e. The Bertz CT molecular complexity index is 359. The first kappa shape index (κ1) is 16.5. The molecule has 3 atom stereocenters. The highest BCUT2D eigenvalue weighted by atomic mass is 16.5. The van der Waals surface area contributed by atoms with Gasteiger partial charge < -0.3 is 25.2 Å². The van der Waals surface area contributed by atoms with E-state index >= 15 is 0 Å². The van der Waals surface area contributed by atoms with Gasteiger partial charge in [0, 0.05) is 6.54 Å². The number of rotatable bonds is 6. The summed E-state index contributed by atoms with van der Waals surface area (Å²) in [6.45, 7) is 2.29. The number of esters is 1. The second kappa shape index (κ2) is 8.55. The maximum atomic E-state index is 11.6. The zero-order valence-electron chi connectivity index (χ0n) is 11.8. The van der Waals surface area contributed by atoms with Crippen molar-refractivity contribution in [2.75, 3.05) is 20.3 Å². The van der Waals surface area contributed by atoms with Crippen LogP contribution in [-0.4, -0.2) is 55.6 Å². The highest BCUT2D eigenvalue weighted by Gasteiger charge is 2.29. The number of hydrogen-bond donors (Lipinski definition) is 3. The van der Waals surface area contributed by atoms with Crippen molar-refractivity contribution in [2.24, 2.45) is 0 Å². The van der Waals surface area contributed by atoms with E-state index in [-0.39, 0.29) is 25.0 Å². The van der Waals surface area contributed by atoms with Crippen LogP contribution in [0.4, 0.5) is 4.79 Å². The highest BCUT2D eigenvalue weighted by Crippen LogP contribution is 2.16. The first-order valence-corrected chi connectivity index (χ1v) is 6.66. The number of aliphatic hydroxyl groups excluding tert-OH is 1. The lowest BCUT2D eigenvalue weighted by molar-refractivity contribution is -0.144. The average molecular weight is 286 g/mol. The summed E-state index contributed by atoms with van der Waals surface area (Å²) in [5.41, 5.74) is 0. The Labute approximate surface area is 118 Å². The largest absolute Gasteiger partial charge is 0.469 e. The lowest BCUT2D eigenvalue weighted by atomic mass is 10.1. The van der Waals surface area contributed by atoms with Gasteiger partial charge in [-0.15, -0.1) is 0 Å². The molecule has 0 radical (unpaired) electrons. The minimum Gasteiger partial charge on any atom is -0.469 e. The maximum absolute atomic E-state index is 11.6. The number of nitrogens with one attached hydrogen (secondary N) is 2. The number of amides is 2. The van der Waals surface area contributed by atoms with E-state index in [4.69, 9.17) is 4.74 Å². The minimum absolute atomic E-state index is 0.0816. The van der Waals surface area contributed by atoms with Crippen molar-refractivity contribution >= 4 is 12.0 Å². The first-order valence-electron chi connectivity index (χ1n) is 6.66. The highest BCUT2D eigenvalue weighted by molar-refractivity contribution is 5.74. The fraction of sp³-hybridized carbons (Fsp3) is 0.692. The molecule has 0 saturated heterocycles. The van der Waals surface area contributed by atoms with Gasteiger partial charge in [0.25, 0.3) is 0 Å². The molecule has 0 spiro atoms. The van der Waals surface area contributed by atoms with Gasteiger partial charge in [0.1, 0.15) is 6.10 Å². The van der Waals surface area contributed by atoms with E-state index in [0.29, 0.717) is 6.54 Å². The number of urea groups is 1. The Balaban J connectivity index is 2.53. The van der Waals surface area contributed by atoms with Crippen LogP contribution in [0.1, 0.15) is 19.8 Å². The SMILES string of the molecule is CCCNC(=O)N[C@H]1C=C[C@H](CC(=O)OC)O[C@@H]1CO. The molecule has 114 valence electrons. The number of aliphatic hydroxyl groups is 1. The summed E-state index contributed by atoms with van der Waals surface area (Å²) in [4.78, 5) is 22.7. The van der Waals surface area contributed by atoms with Gasteiger partial charge in [-0.3, -0.25) is 4.79 Å². The molecule has 0 aromatic carbocycles. The average Bonchev–Trinajstić information content (AvgIpc) is 2.46. The van der Waals surface area contributed by atoms with Crippen LogP contribution in [0, 0.1) is 0 Å². The third-order valence-electron chi connectivity index (χ3n) is 2.89. The molecule has 2 amide bonds. The van der Waals surface area contributed by atoms with Crippen LogP contribution in [0.3, 0.4) is 0 Å². The molecule has 1 rings (SSSR count). The predicted octanol–water partition coefficient (Wildman–Crippen LogP) is -0.0568. The smallest absolute Gasteiger partial charge is 0.315 e. The summed E-state index contributed by atoms with van der Waals surface area (Å²) in [6.07, 6.45) is 3.31. The molecule has 7 nitrogen and oxygen atoms in total. The summed E-state index contributed by atoms with van der Waals surface area (Å²) in [5, 5.41) is 14.7. The molecule has 0 aromatic heterocycles. The van der Waals surface area contributed by atoms with Gasteiger partial charge in [0.05, 0.1) is 32.3 Å². The Morgan fingerprint density at radius 1 is 1.40 bits per heavy atom. The molecule has 1 aliphatic rings. The molecule has 3 N–H and O–H groups in total. The number of ether oxygens (including phenoxy) is 2. The third kappa shape index (κ3) is 5.18. The fourth-order valence-electron chi connectivity index (χ4n) is 1.82. The van der Waals surface area contributed by atoms with E-state index < -0.39 is 18.2 Å². The fourth-order valence-corrected chi connectivity index (χ4v) is 1.82. The van der Waals surface area contributed by atoms with Crippen LogP contribution in [0.25, 0.3) is 0 Å². The number of carbonyl (C=O) groups excluding carboxylic acids is 2. The molecule has 20 heavy (non-hydrogen) atoms. The minimum atomic E-state index is -0.581. The Morgan fingerprint density at radius 3 is 2.75 bits per heavy atom. The van der Waals surface area contributed by atoms with Gasteiger partial charge >= 0.3 is 12.0 Å². The summed E-state index contributed by atoms with van der Waals surface area (Å²) in [6, 6.07) is -0.735. The zero-order chi connectivity index (χ0) is 15.0. The van der Waals surface area contributed by atoms with Gasteiger partial charge in [0.2, 0.25) is 0 Å². The second-order valence-electron chi connectivity index (χ2n) is 4.49. The summed E-state index contributed by atoms with van der Waals surface area (Å²) >= 11 is 0. The molecule has 7 heteroatoms.